The van der Waals surface area contributed by atoms with Crippen LogP contribution in [0.5, 0.6) is 0 Å². The summed E-state index contributed by atoms with van der Waals surface area (Å²) in [5.74, 6) is -0.431. The van der Waals surface area contributed by atoms with Crippen LogP contribution in [0.3, 0.4) is 0 Å². The molecular formula is C13H14FN3O2. The molecular weight excluding hydrogens is 249 g/mol. The summed E-state index contributed by atoms with van der Waals surface area (Å²) in [5.41, 5.74) is 0.268. The SMILES string of the molecule is O=c1c2cc(F)ccc2ncn1CC1CNCCO1. The summed E-state index contributed by atoms with van der Waals surface area (Å²) < 4.78 is 20.2. The zero-order chi connectivity index (χ0) is 13.2. The monoisotopic (exact) mass is 263 g/mol. The largest absolute Gasteiger partial charge is 0.374 e. The second kappa shape index (κ2) is 5.07. The first-order valence-electron chi connectivity index (χ1n) is 6.21. The molecule has 0 amide bonds. The van der Waals surface area contributed by atoms with Gasteiger partial charge in [0.15, 0.2) is 0 Å². The molecule has 100 valence electrons. The average Bonchev–Trinajstić information content (AvgIpc) is 2.44. The van der Waals surface area contributed by atoms with E-state index in [1.54, 1.807) is 0 Å². The van der Waals surface area contributed by atoms with Crippen LogP contribution in [0.25, 0.3) is 10.9 Å². The fourth-order valence-electron chi connectivity index (χ4n) is 2.22. The fourth-order valence-corrected chi connectivity index (χ4v) is 2.22. The minimum absolute atomic E-state index is 0.0562. The summed E-state index contributed by atoms with van der Waals surface area (Å²) in [6.45, 7) is 2.58. The first-order chi connectivity index (χ1) is 9.24. The molecule has 0 saturated carbocycles. The maximum atomic E-state index is 13.2. The Balaban J connectivity index is 1.95. The van der Waals surface area contributed by atoms with Gasteiger partial charge < -0.3 is 10.1 Å². The van der Waals surface area contributed by atoms with Crippen molar-refractivity contribution >= 4 is 10.9 Å². The zero-order valence-electron chi connectivity index (χ0n) is 10.3. The Morgan fingerprint density at radius 1 is 1.53 bits per heavy atom. The summed E-state index contributed by atoms with van der Waals surface area (Å²) >= 11 is 0. The summed E-state index contributed by atoms with van der Waals surface area (Å²) in [5, 5.41) is 3.50. The molecule has 0 spiro atoms. The number of ether oxygens (including phenoxy) is 1. The van der Waals surface area contributed by atoms with Crippen LogP contribution in [0.2, 0.25) is 0 Å². The molecule has 1 fully saturated rings. The van der Waals surface area contributed by atoms with Crippen molar-refractivity contribution in [3.63, 3.8) is 0 Å². The molecule has 1 aromatic carbocycles. The van der Waals surface area contributed by atoms with E-state index in [2.05, 4.69) is 10.3 Å². The summed E-state index contributed by atoms with van der Waals surface area (Å²) in [4.78, 5) is 16.4. The minimum atomic E-state index is -0.431. The smallest absolute Gasteiger partial charge is 0.261 e. The van der Waals surface area contributed by atoms with E-state index in [0.717, 1.165) is 6.54 Å². The number of nitrogens with one attached hydrogen (secondary N) is 1. The van der Waals surface area contributed by atoms with Crippen molar-refractivity contribution < 1.29 is 9.13 Å². The molecule has 19 heavy (non-hydrogen) atoms. The summed E-state index contributed by atoms with van der Waals surface area (Å²) in [6, 6.07) is 4.03. The lowest BCUT2D eigenvalue weighted by Crippen LogP contribution is -2.42. The second-order valence-electron chi connectivity index (χ2n) is 4.56. The lowest BCUT2D eigenvalue weighted by Gasteiger charge is -2.24. The molecule has 6 heteroatoms. The van der Waals surface area contributed by atoms with E-state index in [1.165, 1.54) is 29.1 Å². The predicted octanol–water partition coefficient (Wildman–Crippen LogP) is 0.524. The topological polar surface area (TPSA) is 56.2 Å². The predicted molar refractivity (Wildman–Crippen MR) is 68.6 cm³/mol. The van der Waals surface area contributed by atoms with Gasteiger partial charge in [0.1, 0.15) is 5.82 Å². The molecule has 1 saturated heterocycles. The Morgan fingerprint density at radius 3 is 3.21 bits per heavy atom. The van der Waals surface area contributed by atoms with Crippen molar-refractivity contribution in [2.75, 3.05) is 19.7 Å². The number of fused-ring (bicyclic) bond motifs is 1. The van der Waals surface area contributed by atoms with Crippen molar-refractivity contribution in [1.82, 2.24) is 14.9 Å². The lowest BCUT2D eigenvalue weighted by atomic mass is 10.2. The number of hydrogen-bond acceptors (Lipinski definition) is 4. The molecule has 2 aromatic rings. The third-order valence-corrected chi connectivity index (χ3v) is 3.19. The van der Waals surface area contributed by atoms with Crippen molar-refractivity contribution in [3.8, 4) is 0 Å². The van der Waals surface area contributed by atoms with Gasteiger partial charge in [-0.15, -0.1) is 0 Å². The number of aromatic nitrogens is 2. The first-order valence-corrected chi connectivity index (χ1v) is 6.21. The highest BCUT2D eigenvalue weighted by Crippen LogP contribution is 2.09. The second-order valence-corrected chi connectivity index (χ2v) is 4.56. The molecule has 1 aromatic heterocycles. The zero-order valence-corrected chi connectivity index (χ0v) is 10.3. The van der Waals surface area contributed by atoms with Crippen LogP contribution in [-0.2, 0) is 11.3 Å². The Kier molecular flexibility index (Phi) is 3.27. The molecule has 3 rings (SSSR count). The van der Waals surface area contributed by atoms with Gasteiger partial charge in [-0.25, -0.2) is 9.37 Å². The normalized spacial score (nSPS) is 19.7. The Labute approximate surface area is 109 Å². The van der Waals surface area contributed by atoms with Gasteiger partial charge in [0, 0.05) is 13.1 Å². The van der Waals surface area contributed by atoms with Crippen LogP contribution >= 0.6 is 0 Å². The molecule has 1 unspecified atom stereocenters. The van der Waals surface area contributed by atoms with Gasteiger partial charge in [-0.05, 0) is 18.2 Å². The van der Waals surface area contributed by atoms with Gasteiger partial charge in [-0.2, -0.15) is 0 Å². The molecule has 1 N–H and O–H groups in total. The van der Waals surface area contributed by atoms with E-state index >= 15 is 0 Å². The molecule has 1 atom stereocenters. The van der Waals surface area contributed by atoms with Gasteiger partial charge in [0.2, 0.25) is 0 Å². The molecule has 1 aliphatic rings. The maximum Gasteiger partial charge on any atom is 0.261 e. The highest BCUT2D eigenvalue weighted by molar-refractivity contribution is 5.77. The number of nitrogens with zero attached hydrogens (tertiary/aromatic N) is 2. The third-order valence-electron chi connectivity index (χ3n) is 3.19. The van der Waals surface area contributed by atoms with Gasteiger partial charge in [-0.3, -0.25) is 9.36 Å². The highest BCUT2D eigenvalue weighted by atomic mass is 19.1. The van der Waals surface area contributed by atoms with E-state index in [-0.39, 0.29) is 11.7 Å². The molecule has 0 radical (unpaired) electrons. The lowest BCUT2D eigenvalue weighted by molar-refractivity contribution is 0.0175. The first kappa shape index (κ1) is 12.3. The molecule has 2 heterocycles. The van der Waals surface area contributed by atoms with Crippen molar-refractivity contribution in [3.05, 3.63) is 40.7 Å². The minimum Gasteiger partial charge on any atom is -0.374 e. The van der Waals surface area contributed by atoms with E-state index < -0.39 is 5.82 Å². The maximum absolute atomic E-state index is 13.2. The van der Waals surface area contributed by atoms with Crippen LogP contribution in [-0.4, -0.2) is 35.4 Å². The number of halogens is 1. The Hall–Kier alpha value is -1.79. The number of benzene rings is 1. The average molecular weight is 263 g/mol. The van der Waals surface area contributed by atoms with Crippen LogP contribution in [0, 0.1) is 5.82 Å². The third kappa shape index (κ3) is 2.50. The van der Waals surface area contributed by atoms with Crippen LogP contribution < -0.4 is 10.9 Å². The number of rotatable bonds is 2. The van der Waals surface area contributed by atoms with E-state index in [9.17, 15) is 9.18 Å². The van der Waals surface area contributed by atoms with Gasteiger partial charge in [0.05, 0.1) is 36.5 Å². The Morgan fingerprint density at radius 2 is 2.42 bits per heavy atom. The number of morpholine rings is 1. The van der Waals surface area contributed by atoms with Crippen molar-refractivity contribution in [1.29, 1.82) is 0 Å². The quantitative estimate of drug-likeness (QED) is 0.858. The van der Waals surface area contributed by atoms with Crippen LogP contribution in [0.15, 0.2) is 29.3 Å². The van der Waals surface area contributed by atoms with Crippen LogP contribution in [0.4, 0.5) is 4.39 Å². The highest BCUT2D eigenvalue weighted by Gasteiger charge is 2.15. The van der Waals surface area contributed by atoms with Crippen LogP contribution in [0.1, 0.15) is 0 Å². The van der Waals surface area contributed by atoms with E-state index in [0.29, 0.717) is 30.6 Å². The molecule has 5 nitrogen and oxygen atoms in total. The summed E-state index contributed by atoms with van der Waals surface area (Å²) in [7, 11) is 0. The summed E-state index contributed by atoms with van der Waals surface area (Å²) in [6.07, 6.45) is 1.43. The van der Waals surface area contributed by atoms with Gasteiger partial charge >= 0.3 is 0 Å². The van der Waals surface area contributed by atoms with Crippen molar-refractivity contribution in [2.24, 2.45) is 0 Å². The molecule has 0 bridgehead atoms. The fraction of sp³-hybridized carbons (Fsp3) is 0.385. The number of hydrogen-bond donors (Lipinski definition) is 1. The molecule has 1 aliphatic heterocycles. The molecule has 0 aliphatic carbocycles. The standard InChI is InChI=1S/C13H14FN3O2/c14-9-1-2-12-11(5-9)13(18)17(8-16-12)7-10-6-15-3-4-19-10/h1-2,5,8,10,15H,3-4,6-7H2. The Bertz CT molecular complexity index is 650. The van der Waals surface area contributed by atoms with E-state index in [4.69, 9.17) is 4.74 Å². The van der Waals surface area contributed by atoms with Gasteiger partial charge in [0.25, 0.3) is 5.56 Å². The van der Waals surface area contributed by atoms with Crippen molar-refractivity contribution in [2.45, 2.75) is 12.6 Å². The van der Waals surface area contributed by atoms with E-state index in [1.807, 2.05) is 0 Å². The van der Waals surface area contributed by atoms with Gasteiger partial charge in [-0.1, -0.05) is 0 Å².